The molecule has 0 saturated heterocycles. The number of likely N-dealkylation sites (N-methyl/N-ethyl adjacent to an activating group) is 1. The Morgan fingerprint density at radius 3 is 2.25 bits per heavy atom. The van der Waals surface area contributed by atoms with E-state index in [9.17, 15) is 5.11 Å². The first kappa shape index (κ1) is 17.4. The lowest BCUT2D eigenvalue weighted by Gasteiger charge is -2.24. The van der Waals surface area contributed by atoms with E-state index in [1.807, 2.05) is 24.3 Å². The van der Waals surface area contributed by atoms with Crippen molar-refractivity contribution < 1.29 is 5.11 Å². The molecule has 0 heterocycles. The molecule has 0 saturated carbocycles. The first-order valence-corrected chi connectivity index (χ1v) is 7.71. The highest BCUT2D eigenvalue weighted by Gasteiger charge is 2.11. The molecule has 0 aliphatic heterocycles. The fourth-order valence-corrected chi connectivity index (χ4v) is 2.28. The van der Waals surface area contributed by atoms with E-state index in [0.717, 1.165) is 44.6 Å². The lowest BCUT2D eigenvalue weighted by molar-refractivity contribution is 0.138. The number of halogens is 1. The molecule has 1 rings (SSSR count). The largest absolute Gasteiger partial charge is 0.388 e. The van der Waals surface area contributed by atoms with Gasteiger partial charge in [0.15, 0.2) is 0 Å². The van der Waals surface area contributed by atoms with Gasteiger partial charge in [-0.05, 0) is 51.2 Å². The number of rotatable bonds is 9. The van der Waals surface area contributed by atoms with Gasteiger partial charge in [0.25, 0.3) is 0 Å². The number of benzene rings is 1. The predicted octanol–water partition coefficient (Wildman–Crippen LogP) is 3.04. The topological polar surface area (TPSA) is 26.7 Å². The van der Waals surface area contributed by atoms with E-state index in [-0.39, 0.29) is 0 Å². The van der Waals surface area contributed by atoms with Crippen LogP contribution < -0.4 is 0 Å². The molecule has 20 heavy (non-hydrogen) atoms. The molecule has 0 aliphatic carbocycles. The minimum Gasteiger partial charge on any atom is -0.388 e. The molecule has 3 nitrogen and oxygen atoms in total. The van der Waals surface area contributed by atoms with Crippen molar-refractivity contribution in [3.8, 4) is 0 Å². The summed E-state index contributed by atoms with van der Waals surface area (Å²) in [6.45, 7) is 6.30. The van der Waals surface area contributed by atoms with E-state index in [1.54, 1.807) is 0 Å². The first-order chi connectivity index (χ1) is 9.52. The van der Waals surface area contributed by atoms with E-state index in [0.29, 0.717) is 5.02 Å². The summed E-state index contributed by atoms with van der Waals surface area (Å²) in [5.74, 6) is 0. The molecule has 1 N–H and O–H groups in total. The van der Waals surface area contributed by atoms with Crippen LogP contribution >= 0.6 is 11.6 Å². The van der Waals surface area contributed by atoms with Crippen LogP contribution in [-0.2, 0) is 0 Å². The molecule has 4 heteroatoms. The highest BCUT2D eigenvalue weighted by molar-refractivity contribution is 6.30. The number of hydrogen-bond acceptors (Lipinski definition) is 3. The van der Waals surface area contributed by atoms with Crippen molar-refractivity contribution in [1.29, 1.82) is 0 Å². The van der Waals surface area contributed by atoms with Gasteiger partial charge in [-0.2, -0.15) is 0 Å². The van der Waals surface area contributed by atoms with E-state index in [4.69, 9.17) is 11.6 Å². The maximum absolute atomic E-state index is 10.2. The minimum absolute atomic E-state index is 0.411. The summed E-state index contributed by atoms with van der Waals surface area (Å²) >= 11 is 5.86. The zero-order valence-corrected chi connectivity index (χ0v) is 13.6. The van der Waals surface area contributed by atoms with Gasteiger partial charge in [-0.25, -0.2) is 0 Å². The average molecular weight is 299 g/mol. The molecular weight excluding hydrogens is 272 g/mol. The summed E-state index contributed by atoms with van der Waals surface area (Å²) in [5.41, 5.74) is 0.943. The molecule has 0 fully saturated rings. The summed E-state index contributed by atoms with van der Waals surface area (Å²) in [4.78, 5) is 4.61. The van der Waals surface area contributed by atoms with Crippen LogP contribution in [0.2, 0.25) is 5.02 Å². The van der Waals surface area contributed by atoms with Gasteiger partial charge in [0.05, 0.1) is 6.10 Å². The van der Waals surface area contributed by atoms with Gasteiger partial charge < -0.3 is 14.9 Å². The second-order valence-corrected chi connectivity index (χ2v) is 5.94. The van der Waals surface area contributed by atoms with E-state index < -0.39 is 6.10 Å². The standard InChI is InChI=1S/C16H27ClN2O/c1-4-10-19(13-12-18(2)3)11-9-16(20)14-5-7-15(17)8-6-14/h5-8,16,20H,4,9-13H2,1-3H3. The lowest BCUT2D eigenvalue weighted by Crippen LogP contribution is -2.33. The van der Waals surface area contributed by atoms with Crippen molar-refractivity contribution in [2.24, 2.45) is 0 Å². The maximum atomic E-state index is 10.2. The first-order valence-electron chi connectivity index (χ1n) is 7.33. The van der Waals surface area contributed by atoms with Crippen LogP contribution in [0.1, 0.15) is 31.4 Å². The van der Waals surface area contributed by atoms with Crippen LogP contribution in [0.3, 0.4) is 0 Å². The van der Waals surface area contributed by atoms with Crippen molar-refractivity contribution in [3.05, 3.63) is 34.9 Å². The van der Waals surface area contributed by atoms with Gasteiger partial charge in [0.2, 0.25) is 0 Å². The van der Waals surface area contributed by atoms with Crippen molar-refractivity contribution >= 4 is 11.6 Å². The number of hydrogen-bond donors (Lipinski definition) is 1. The zero-order valence-electron chi connectivity index (χ0n) is 12.8. The molecular formula is C16H27ClN2O. The smallest absolute Gasteiger partial charge is 0.0802 e. The Labute approximate surface area is 128 Å². The van der Waals surface area contributed by atoms with Crippen LogP contribution in [0.25, 0.3) is 0 Å². The quantitative estimate of drug-likeness (QED) is 0.759. The highest BCUT2D eigenvalue weighted by atomic mass is 35.5. The Morgan fingerprint density at radius 1 is 1.05 bits per heavy atom. The van der Waals surface area contributed by atoms with Crippen molar-refractivity contribution in [3.63, 3.8) is 0 Å². The van der Waals surface area contributed by atoms with Crippen molar-refractivity contribution in [2.45, 2.75) is 25.9 Å². The van der Waals surface area contributed by atoms with Gasteiger partial charge in [-0.1, -0.05) is 30.7 Å². The Morgan fingerprint density at radius 2 is 1.70 bits per heavy atom. The molecule has 0 bridgehead atoms. The maximum Gasteiger partial charge on any atom is 0.0802 e. The number of aliphatic hydroxyl groups is 1. The number of aliphatic hydroxyl groups excluding tert-OH is 1. The van der Waals surface area contributed by atoms with Crippen molar-refractivity contribution in [1.82, 2.24) is 9.80 Å². The predicted molar refractivity (Wildman–Crippen MR) is 86.3 cm³/mol. The lowest BCUT2D eigenvalue weighted by atomic mass is 10.1. The summed E-state index contributed by atoms with van der Waals surface area (Å²) < 4.78 is 0. The van der Waals surface area contributed by atoms with Gasteiger partial charge in [-0.15, -0.1) is 0 Å². The Balaban J connectivity index is 2.42. The fraction of sp³-hybridized carbons (Fsp3) is 0.625. The monoisotopic (exact) mass is 298 g/mol. The van der Waals surface area contributed by atoms with Gasteiger partial charge in [0, 0.05) is 24.7 Å². The third-order valence-electron chi connectivity index (χ3n) is 3.38. The normalized spacial score (nSPS) is 13.2. The van der Waals surface area contributed by atoms with Gasteiger partial charge in [-0.3, -0.25) is 0 Å². The molecule has 0 aromatic heterocycles. The second kappa shape index (κ2) is 9.35. The van der Waals surface area contributed by atoms with Crippen LogP contribution in [0.15, 0.2) is 24.3 Å². The van der Waals surface area contributed by atoms with Crippen LogP contribution in [0.5, 0.6) is 0 Å². The molecule has 0 radical (unpaired) electrons. The molecule has 1 aromatic rings. The molecule has 0 spiro atoms. The van der Waals surface area contributed by atoms with Crippen LogP contribution in [0.4, 0.5) is 0 Å². The molecule has 0 amide bonds. The van der Waals surface area contributed by atoms with Crippen LogP contribution in [0, 0.1) is 0 Å². The Kier molecular flexibility index (Phi) is 8.15. The van der Waals surface area contributed by atoms with Crippen molar-refractivity contribution in [2.75, 3.05) is 40.3 Å². The highest BCUT2D eigenvalue weighted by Crippen LogP contribution is 2.19. The Bertz CT molecular complexity index is 367. The van der Waals surface area contributed by atoms with E-state index >= 15 is 0 Å². The molecule has 1 unspecified atom stereocenters. The minimum atomic E-state index is -0.411. The summed E-state index contributed by atoms with van der Waals surface area (Å²) in [6, 6.07) is 7.46. The third kappa shape index (κ3) is 6.71. The Hall–Kier alpha value is -0.610. The summed E-state index contributed by atoms with van der Waals surface area (Å²) in [5, 5.41) is 10.9. The van der Waals surface area contributed by atoms with Gasteiger partial charge >= 0.3 is 0 Å². The van der Waals surface area contributed by atoms with Gasteiger partial charge in [0.1, 0.15) is 0 Å². The molecule has 1 atom stereocenters. The summed E-state index contributed by atoms with van der Waals surface area (Å²) in [6.07, 6.45) is 1.49. The SMILES string of the molecule is CCCN(CCC(O)c1ccc(Cl)cc1)CCN(C)C. The fourth-order valence-electron chi connectivity index (χ4n) is 2.15. The zero-order chi connectivity index (χ0) is 15.0. The molecule has 0 aliphatic rings. The molecule has 1 aromatic carbocycles. The summed E-state index contributed by atoms with van der Waals surface area (Å²) in [7, 11) is 4.18. The van der Waals surface area contributed by atoms with E-state index in [2.05, 4.69) is 30.8 Å². The average Bonchev–Trinajstić information content (AvgIpc) is 2.42. The second-order valence-electron chi connectivity index (χ2n) is 5.50. The number of nitrogens with zero attached hydrogens (tertiary/aromatic N) is 2. The third-order valence-corrected chi connectivity index (χ3v) is 3.63. The van der Waals surface area contributed by atoms with E-state index in [1.165, 1.54) is 0 Å². The van der Waals surface area contributed by atoms with Crippen LogP contribution in [-0.4, -0.2) is 55.2 Å². The molecule has 114 valence electrons.